The monoisotopic (exact) mass is 402 g/mol. The van der Waals surface area contributed by atoms with Crippen molar-refractivity contribution in [2.24, 2.45) is 0 Å². The summed E-state index contributed by atoms with van der Waals surface area (Å²) in [6, 6.07) is 7.77. The van der Waals surface area contributed by atoms with Crippen molar-refractivity contribution < 1.29 is 18.8 Å². The van der Waals surface area contributed by atoms with E-state index in [0.29, 0.717) is 32.1 Å². The molecule has 1 aliphatic rings. The largest absolute Gasteiger partial charge is 0.457 e. The Bertz CT molecular complexity index is 718. The number of rotatable bonds is 4. The fourth-order valence-corrected chi connectivity index (χ4v) is 4.35. The maximum atomic E-state index is 13.0. The zero-order chi connectivity index (χ0) is 20.9. The van der Waals surface area contributed by atoms with E-state index in [1.165, 1.54) is 0 Å². The highest BCUT2D eigenvalue weighted by atomic mass is 28.4. The summed E-state index contributed by atoms with van der Waals surface area (Å²) in [5.41, 5.74) is 1.83. The zero-order valence-electron chi connectivity index (χ0n) is 17.9. The number of hydrogen-bond acceptors (Lipinski definition) is 4. The predicted molar refractivity (Wildman–Crippen MR) is 116 cm³/mol. The van der Waals surface area contributed by atoms with Crippen LogP contribution in [0.4, 0.5) is 0 Å². The van der Waals surface area contributed by atoms with Gasteiger partial charge in [0.1, 0.15) is 12.2 Å². The van der Waals surface area contributed by atoms with Crippen LogP contribution in [0.2, 0.25) is 18.1 Å². The maximum absolute atomic E-state index is 13.0. The molecule has 0 saturated carbocycles. The normalized spacial score (nSPS) is 22.5. The molecule has 0 N–H and O–H groups in total. The van der Waals surface area contributed by atoms with Crippen molar-refractivity contribution in [3.05, 3.63) is 42.0 Å². The molecule has 0 radical (unpaired) electrons. The van der Waals surface area contributed by atoms with Gasteiger partial charge in [0.2, 0.25) is 0 Å². The molecule has 5 heteroatoms. The molecule has 4 nitrogen and oxygen atoms in total. The molecule has 1 heterocycles. The Labute approximate surface area is 170 Å². The van der Waals surface area contributed by atoms with Gasteiger partial charge in [-0.3, -0.25) is 9.59 Å². The van der Waals surface area contributed by atoms with Crippen LogP contribution in [0.15, 0.2) is 30.8 Å². The molecule has 0 aliphatic carbocycles. The van der Waals surface area contributed by atoms with E-state index < -0.39 is 20.5 Å². The lowest BCUT2D eigenvalue weighted by molar-refractivity contribution is -0.153. The van der Waals surface area contributed by atoms with Crippen molar-refractivity contribution in [1.29, 1.82) is 0 Å². The lowest BCUT2D eigenvalue weighted by Crippen LogP contribution is -2.46. The number of carbonyl (C=O) groups is 2. The first-order valence-electron chi connectivity index (χ1n) is 10.2. The molecular weight excluding hydrogens is 368 g/mol. The molecular formula is C23H34O4Si. The van der Waals surface area contributed by atoms with Gasteiger partial charge in [-0.15, -0.1) is 0 Å². The van der Waals surface area contributed by atoms with Crippen molar-refractivity contribution in [2.75, 3.05) is 0 Å². The molecule has 28 heavy (non-hydrogen) atoms. The summed E-state index contributed by atoms with van der Waals surface area (Å²) < 4.78 is 12.3. The second kappa shape index (κ2) is 9.18. The van der Waals surface area contributed by atoms with E-state index in [9.17, 15) is 9.59 Å². The second-order valence-electron chi connectivity index (χ2n) is 9.13. The summed E-state index contributed by atoms with van der Waals surface area (Å²) in [6.45, 7) is 14.6. The summed E-state index contributed by atoms with van der Waals surface area (Å²) in [6.07, 6.45) is 3.23. The maximum Gasteiger partial charge on any atom is 0.306 e. The van der Waals surface area contributed by atoms with Crippen LogP contribution in [0, 0.1) is 0 Å². The van der Waals surface area contributed by atoms with E-state index in [2.05, 4.69) is 40.4 Å². The second-order valence-corrected chi connectivity index (χ2v) is 13.9. The fourth-order valence-electron chi connectivity index (χ4n) is 3.06. The van der Waals surface area contributed by atoms with E-state index in [4.69, 9.17) is 9.16 Å². The minimum absolute atomic E-state index is 0.00245. The molecule has 1 fully saturated rings. The van der Waals surface area contributed by atoms with E-state index in [0.717, 1.165) is 11.1 Å². The number of ether oxygens (including phenoxy) is 1. The Morgan fingerprint density at radius 1 is 1.18 bits per heavy atom. The minimum Gasteiger partial charge on any atom is -0.457 e. The van der Waals surface area contributed by atoms with Gasteiger partial charge in [0.15, 0.2) is 14.1 Å². The molecule has 1 aromatic rings. The third kappa shape index (κ3) is 5.88. The molecule has 0 bridgehead atoms. The van der Waals surface area contributed by atoms with Crippen LogP contribution in [0.3, 0.4) is 0 Å². The van der Waals surface area contributed by atoms with Crippen LogP contribution < -0.4 is 0 Å². The number of Topliss-reactive ketones (excluding diaryl/α,β-unsaturated/α-hetero) is 1. The van der Waals surface area contributed by atoms with Gasteiger partial charge in [-0.05, 0) is 48.2 Å². The van der Waals surface area contributed by atoms with Crippen LogP contribution in [0.1, 0.15) is 70.1 Å². The van der Waals surface area contributed by atoms with Crippen LogP contribution in [0.5, 0.6) is 0 Å². The third-order valence-corrected chi connectivity index (χ3v) is 10.4. The highest BCUT2D eigenvalue weighted by molar-refractivity contribution is 6.74. The third-order valence-electron chi connectivity index (χ3n) is 5.88. The SMILES string of the molecule is C=Cc1cccc([C@H]2C[C@@H](O[Si](C)(C)C(C)(C)C)C(=O)CCCCC(=O)O2)c1. The molecule has 0 spiro atoms. The van der Waals surface area contributed by atoms with Crippen molar-refractivity contribution in [3.8, 4) is 0 Å². The smallest absolute Gasteiger partial charge is 0.306 e. The molecule has 0 amide bonds. The molecule has 0 unspecified atom stereocenters. The van der Waals surface area contributed by atoms with Crippen LogP contribution in [0.25, 0.3) is 6.08 Å². The van der Waals surface area contributed by atoms with E-state index in [-0.39, 0.29) is 16.8 Å². The summed E-state index contributed by atoms with van der Waals surface area (Å²) in [5.74, 6) is -0.0953. The molecule has 0 aromatic heterocycles. The van der Waals surface area contributed by atoms with Gasteiger partial charge in [-0.2, -0.15) is 0 Å². The predicted octanol–water partition coefficient (Wildman–Crippen LogP) is 5.84. The molecule has 2 rings (SSSR count). The van der Waals surface area contributed by atoms with Crippen molar-refractivity contribution in [2.45, 2.75) is 83.2 Å². The molecule has 2 atom stereocenters. The van der Waals surface area contributed by atoms with Gasteiger partial charge in [0.05, 0.1) is 0 Å². The molecule has 1 saturated heterocycles. The van der Waals surface area contributed by atoms with Gasteiger partial charge in [-0.25, -0.2) is 0 Å². The molecule has 1 aromatic carbocycles. The van der Waals surface area contributed by atoms with Gasteiger partial charge >= 0.3 is 5.97 Å². The van der Waals surface area contributed by atoms with Crippen LogP contribution >= 0.6 is 0 Å². The van der Waals surface area contributed by atoms with Gasteiger partial charge in [0, 0.05) is 19.3 Å². The molecule has 1 aliphatic heterocycles. The summed E-state index contributed by atoms with van der Waals surface area (Å²) >= 11 is 0. The van der Waals surface area contributed by atoms with E-state index >= 15 is 0 Å². The summed E-state index contributed by atoms with van der Waals surface area (Å²) in [7, 11) is -2.14. The lowest BCUT2D eigenvalue weighted by Gasteiger charge is -2.39. The van der Waals surface area contributed by atoms with E-state index in [1.54, 1.807) is 6.08 Å². The van der Waals surface area contributed by atoms with Crippen molar-refractivity contribution >= 4 is 26.1 Å². The highest BCUT2D eigenvalue weighted by Crippen LogP contribution is 2.39. The number of cyclic esters (lactones) is 1. The number of hydrogen-bond donors (Lipinski definition) is 0. The highest BCUT2D eigenvalue weighted by Gasteiger charge is 2.41. The quantitative estimate of drug-likeness (QED) is 0.469. The molecule has 154 valence electrons. The Hall–Kier alpha value is -1.72. The fraction of sp³-hybridized carbons (Fsp3) is 0.565. The Morgan fingerprint density at radius 2 is 1.86 bits per heavy atom. The van der Waals surface area contributed by atoms with Crippen LogP contribution in [-0.2, 0) is 18.8 Å². The first-order chi connectivity index (χ1) is 13.0. The topological polar surface area (TPSA) is 52.6 Å². The van der Waals surface area contributed by atoms with Crippen molar-refractivity contribution in [3.63, 3.8) is 0 Å². The summed E-state index contributed by atoms with van der Waals surface area (Å²) in [4.78, 5) is 25.3. The average Bonchev–Trinajstić information content (AvgIpc) is 2.62. The average molecular weight is 403 g/mol. The van der Waals surface area contributed by atoms with Crippen LogP contribution in [-0.4, -0.2) is 26.2 Å². The first-order valence-corrected chi connectivity index (χ1v) is 13.1. The van der Waals surface area contributed by atoms with Gasteiger partial charge < -0.3 is 9.16 Å². The number of esters is 1. The van der Waals surface area contributed by atoms with Crippen molar-refractivity contribution in [1.82, 2.24) is 0 Å². The Kier molecular flexibility index (Phi) is 7.40. The number of carbonyl (C=O) groups excluding carboxylic acids is 2. The first kappa shape index (κ1) is 22.6. The summed E-state index contributed by atoms with van der Waals surface area (Å²) in [5, 5.41) is -0.00245. The Balaban J connectivity index is 2.36. The number of benzene rings is 1. The minimum atomic E-state index is -2.14. The standard InChI is InChI=1S/C23H34O4Si/c1-7-17-11-10-12-18(15-17)20-16-21(27-28(5,6)23(2,3)4)19(24)13-8-9-14-22(25)26-20/h7,10-12,15,20-21H,1,8-9,13-14,16H2,2-6H3/t20-,21-/m1/s1. The van der Waals surface area contributed by atoms with Gasteiger partial charge in [-0.1, -0.05) is 51.6 Å². The lowest BCUT2D eigenvalue weighted by atomic mass is 9.96. The van der Waals surface area contributed by atoms with Gasteiger partial charge in [0.25, 0.3) is 0 Å². The Morgan fingerprint density at radius 3 is 2.50 bits per heavy atom. The van der Waals surface area contributed by atoms with E-state index in [1.807, 2.05) is 24.3 Å². The number of ketones is 1. The zero-order valence-corrected chi connectivity index (χ0v) is 18.9.